The number of hydrogen-bond donors (Lipinski definition) is 2. The second-order valence-electron chi connectivity index (χ2n) is 5.29. The van der Waals surface area contributed by atoms with Gasteiger partial charge in [0.2, 0.25) is 5.91 Å². The second-order valence-corrected chi connectivity index (χ2v) is 5.29. The molecule has 2 rings (SSSR count). The molecule has 0 unspecified atom stereocenters. The van der Waals surface area contributed by atoms with Crippen molar-refractivity contribution in [2.75, 3.05) is 18.4 Å². The van der Waals surface area contributed by atoms with Gasteiger partial charge in [-0.3, -0.25) is 4.79 Å². The summed E-state index contributed by atoms with van der Waals surface area (Å²) in [4.78, 5) is 12.0. The van der Waals surface area contributed by atoms with E-state index in [0.29, 0.717) is 12.3 Å². The van der Waals surface area contributed by atoms with Crippen molar-refractivity contribution in [3.8, 4) is 0 Å². The molecule has 1 saturated heterocycles. The Bertz CT molecular complexity index is 417. The van der Waals surface area contributed by atoms with Gasteiger partial charge in [-0.1, -0.05) is 25.1 Å². The molecular formula is C16H25ClN2O. The molecule has 2 N–H and O–H groups in total. The van der Waals surface area contributed by atoms with Crippen molar-refractivity contribution in [1.82, 2.24) is 5.32 Å². The standard InChI is InChI=1S/C16H24N2O.ClH/c1-2-14-5-3-4-6-15(14)18-16(19)8-7-13-9-11-17-12-10-13;/h3-6,13,17H,2,7-12H2,1H3,(H,18,19);1H. The van der Waals surface area contributed by atoms with Crippen LogP contribution in [0.15, 0.2) is 24.3 Å². The van der Waals surface area contributed by atoms with E-state index in [1.165, 1.54) is 18.4 Å². The topological polar surface area (TPSA) is 41.1 Å². The van der Waals surface area contributed by atoms with Crippen molar-refractivity contribution >= 4 is 24.0 Å². The fourth-order valence-corrected chi connectivity index (χ4v) is 2.67. The number of carbonyl (C=O) groups excluding carboxylic acids is 1. The Kier molecular flexibility index (Phi) is 7.63. The minimum absolute atomic E-state index is 0. The fraction of sp³-hybridized carbons (Fsp3) is 0.562. The molecule has 20 heavy (non-hydrogen) atoms. The molecule has 1 aliphatic heterocycles. The lowest BCUT2D eigenvalue weighted by molar-refractivity contribution is -0.116. The van der Waals surface area contributed by atoms with Crippen molar-refractivity contribution in [1.29, 1.82) is 0 Å². The molecule has 0 saturated carbocycles. The third-order valence-corrected chi connectivity index (χ3v) is 3.91. The molecule has 4 heteroatoms. The van der Waals surface area contributed by atoms with Gasteiger partial charge in [0.1, 0.15) is 0 Å². The zero-order valence-electron chi connectivity index (χ0n) is 12.2. The minimum atomic E-state index is 0. The Morgan fingerprint density at radius 1 is 1.30 bits per heavy atom. The lowest BCUT2D eigenvalue weighted by Crippen LogP contribution is -2.28. The van der Waals surface area contributed by atoms with E-state index in [9.17, 15) is 4.79 Å². The zero-order valence-corrected chi connectivity index (χ0v) is 13.0. The number of nitrogens with one attached hydrogen (secondary N) is 2. The van der Waals surface area contributed by atoms with Crippen LogP contribution in [0.1, 0.15) is 38.2 Å². The lowest BCUT2D eigenvalue weighted by Gasteiger charge is -2.22. The van der Waals surface area contributed by atoms with Gasteiger partial charge >= 0.3 is 0 Å². The molecule has 0 radical (unpaired) electrons. The van der Waals surface area contributed by atoms with Crippen LogP contribution in [0, 0.1) is 5.92 Å². The first-order valence-corrected chi connectivity index (χ1v) is 7.38. The summed E-state index contributed by atoms with van der Waals surface area (Å²) in [5, 5.41) is 6.40. The molecule has 112 valence electrons. The van der Waals surface area contributed by atoms with Crippen molar-refractivity contribution in [2.45, 2.75) is 39.0 Å². The number of benzene rings is 1. The summed E-state index contributed by atoms with van der Waals surface area (Å²) in [6.07, 6.45) is 5.02. The smallest absolute Gasteiger partial charge is 0.224 e. The Hall–Kier alpha value is -1.06. The van der Waals surface area contributed by atoms with Gasteiger partial charge in [0, 0.05) is 12.1 Å². The van der Waals surface area contributed by atoms with Gasteiger partial charge in [0.05, 0.1) is 0 Å². The molecule has 0 atom stereocenters. The van der Waals surface area contributed by atoms with Crippen LogP contribution in [0.25, 0.3) is 0 Å². The van der Waals surface area contributed by atoms with Crippen molar-refractivity contribution in [3.05, 3.63) is 29.8 Å². The van der Waals surface area contributed by atoms with E-state index >= 15 is 0 Å². The first-order valence-electron chi connectivity index (χ1n) is 7.38. The number of anilines is 1. The van der Waals surface area contributed by atoms with Crippen LogP contribution in [0.4, 0.5) is 5.69 Å². The Morgan fingerprint density at radius 3 is 2.70 bits per heavy atom. The number of piperidine rings is 1. The Labute approximate surface area is 127 Å². The Morgan fingerprint density at radius 2 is 2.00 bits per heavy atom. The first-order chi connectivity index (χ1) is 9.29. The van der Waals surface area contributed by atoms with Gasteiger partial charge in [-0.25, -0.2) is 0 Å². The summed E-state index contributed by atoms with van der Waals surface area (Å²) in [6.45, 7) is 4.32. The van der Waals surface area contributed by atoms with E-state index in [0.717, 1.165) is 31.6 Å². The van der Waals surface area contributed by atoms with Crippen LogP contribution in [0.2, 0.25) is 0 Å². The predicted molar refractivity (Wildman–Crippen MR) is 86.5 cm³/mol. The van der Waals surface area contributed by atoms with E-state index in [-0.39, 0.29) is 18.3 Å². The summed E-state index contributed by atoms with van der Waals surface area (Å²) in [5.41, 5.74) is 2.18. The molecular weight excluding hydrogens is 272 g/mol. The summed E-state index contributed by atoms with van der Waals surface area (Å²) in [5.74, 6) is 0.868. The van der Waals surface area contributed by atoms with Crippen molar-refractivity contribution < 1.29 is 4.79 Å². The highest BCUT2D eigenvalue weighted by atomic mass is 35.5. The molecule has 1 fully saturated rings. The van der Waals surface area contributed by atoms with Crippen LogP contribution in [-0.4, -0.2) is 19.0 Å². The summed E-state index contributed by atoms with van der Waals surface area (Å²) >= 11 is 0. The fourth-order valence-electron chi connectivity index (χ4n) is 2.67. The third kappa shape index (κ3) is 5.14. The summed E-state index contributed by atoms with van der Waals surface area (Å²) in [6, 6.07) is 8.05. The number of aryl methyl sites for hydroxylation is 1. The average molecular weight is 297 g/mol. The van der Waals surface area contributed by atoms with E-state index in [1.807, 2.05) is 18.2 Å². The minimum Gasteiger partial charge on any atom is -0.326 e. The zero-order chi connectivity index (χ0) is 13.5. The van der Waals surface area contributed by atoms with Crippen LogP contribution in [0.5, 0.6) is 0 Å². The number of halogens is 1. The van der Waals surface area contributed by atoms with E-state index in [4.69, 9.17) is 0 Å². The first kappa shape index (κ1) is 17.0. The molecule has 1 amide bonds. The maximum Gasteiger partial charge on any atom is 0.224 e. The van der Waals surface area contributed by atoms with Crippen molar-refractivity contribution in [3.63, 3.8) is 0 Å². The number of hydrogen-bond acceptors (Lipinski definition) is 2. The average Bonchev–Trinajstić information content (AvgIpc) is 2.47. The molecule has 3 nitrogen and oxygen atoms in total. The molecule has 1 heterocycles. The highest BCUT2D eigenvalue weighted by molar-refractivity contribution is 5.91. The molecule has 1 aliphatic rings. The van der Waals surface area contributed by atoms with Crippen molar-refractivity contribution in [2.24, 2.45) is 5.92 Å². The normalized spacial score (nSPS) is 15.4. The number of amides is 1. The maximum absolute atomic E-state index is 12.0. The van der Waals surface area contributed by atoms with Crippen LogP contribution in [-0.2, 0) is 11.2 Å². The van der Waals surface area contributed by atoms with Crippen LogP contribution in [0.3, 0.4) is 0 Å². The molecule has 1 aromatic rings. The van der Waals surface area contributed by atoms with Gasteiger partial charge in [-0.05, 0) is 56.3 Å². The summed E-state index contributed by atoms with van der Waals surface area (Å²) < 4.78 is 0. The van der Waals surface area contributed by atoms with Crippen LogP contribution >= 0.6 is 12.4 Å². The lowest BCUT2D eigenvalue weighted by atomic mass is 9.93. The highest BCUT2D eigenvalue weighted by Gasteiger charge is 2.14. The molecule has 0 aromatic heterocycles. The summed E-state index contributed by atoms with van der Waals surface area (Å²) in [7, 11) is 0. The van der Waals surface area contributed by atoms with Gasteiger partial charge < -0.3 is 10.6 Å². The number of rotatable bonds is 5. The molecule has 0 aliphatic carbocycles. The van der Waals surface area contributed by atoms with Crippen LogP contribution < -0.4 is 10.6 Å². The maximum atomic E-state index is 12.0. The largest absolute Gasteiger partial charge is 0.326 e. The molecule has 0 spiro atoms. The molecule has 1 aromatic carbocycles. The van der Waals surface area contributed by atoms with Gasteiger partial charge in [0.15, 0.2) is 0 Å². The van der Waals surface area contributed by atoms with E-state index < -0.39 is 0 Å². The highest BCUT2D eigenvalue weighted by Crippen LogP contribution is 2.19. The van der Waals surface area contributed by atoms with Gasteiger partial charge in [-0.15, -0.1) is 12.4 Å². The second kappa shape index (κ2) is 8.98. The number of para-hydroxylation sites is 1. The molecule has 0 bridgehead atoms. The third-order valence-electron chi connectivity index (χ3n) is 3.91. The van der Waals surface area contributed by atoms with Gasteiger partial charge in [0.25, 0.3) is 0 Å². The monoisotopic (exact) mass is 296 g/mol. The number of carbonyl (C=O) groups is 1. The van der Waals surface area contributed by atoms with E-state index in [2.05, 4.69) is 23.6 Å². The van der Waals surface area contributed by atoms with E-state index in [1.54, 1.807) is 0 Å². The Balaban J connectivity index is 0.00000200. The predicted octanol–water partition coefficient (Wildman–Crippen LogP) is 3.39. The SMILES string of the molecule is CCc1ccccc1NC(=O)CCC1CCNCC1.Cl. The van der Waals surface area contributed by atoms with Gasteiger partial charge in [-0.2, -0.15) is 0 Å². The quantitative estimate of drug-likeness (QED) is 0.874.